The summed E-state index contributed by atoms with van der Waals surface area (Å²) >= 11 is 0. The Labute approximate surface area is 214 Å². The molecule has 0 saturated carbocycles. The molecule has 1 unspecified atom stereocenters. The van der Waals surface area contributed by atoms with Crippen molar-refractivity contribution < 1.29 is 28.0 Å². The molecule has 2 saturated heterocycles. The molecule has 3 rings (SSSR count). The first kappa shape index (κ1) is 28.4. The molecule has 10 nitrogen and oxygen atoms in total. The molecule has 11 heteroatoms. The summed E-state index contributed by atoms with van der Waals surface area (Å²) in [6.45, 7) is 6.77. The number of nitrogens with one attached hydrogen (secondary N) is 1. The zero-order chi connectivity index (χ0) is 26.3. The molecule has 0 aromatic heterocycles. The summed E-state index contributed by atoms with van der Waals surface area (Å²) in [7, 11) is -2.66. The van der Waals surface area contributed by atoms with Crippen molar-refractivity contribution in [3.63, 3.8) is 0 Å². The maximum absolute atomic E-state index is 13.6. The van der Waals surface area contributed by atoms with Crippen LogP contribution in [-0.2, 0) is 19.6 Å². The molecule has 0 aliphatic carbocycles. The number of rotatable bonds is 10. The van der Waals surface area contributed by atoms with Crippen LogP contribution in [0.25, 0.3) is 0 Å². The van der Waals surface area contributed by atoms with Gasteiger partial charge in [-0.3, -0.25) is 14.8 Å². The van der Waals surface area contributed by atoms with Crippen molar-refractivity contribution >= 4 is 21.8 Å². The summed E-state index contributed by atoms with van der Waals surface area (Å²) in [6.07, 6.45) is 5.54. The number of ether oxygens (including phenoxy) is 1. The van der Waals surface area contributed by atoms with Crippen LogP contribution in [0.3, 0.4) is 0 Å². The fourth-order valence-corrected chi connectivity index (χ4v) is 6.97. The molecule has 0 bridgehead atoms. The van der Waals surface area contributed by atoms with Crippen molar-refractivity contribution in [3.05, 3.63) is 24.3 Å². The molecule has 2 heterocycles. The number of likely N-dealkylation sites (tertiary alicyclic amines) is 2. The van der Waals surface area contributed by atoms with Crippen molar-refractivity contribution in [2.75, 3.05) is 39.8 Å². The van der Waals surface area contributed by atoms with Crippen molar-refractivity contribution in [2.24, 2.45) is 5.92 Å². The van der Waals surface area contributed by atoms with Gasteiger partial charge in [0.15, 0.2) is 0 Å². The first-order chi connectivity index (χ1) is 17.2. The first-order valence-electron chi connectivity index (χ1n) is 12.8. The van der Waals surface area contributed by atoms with E-state index in [0.717, 1.165) is 30.2 Å². The van der Waals surface area contributed by atoms with Crippen LogP contribution in [0, 0.1) is 5.92 Å². The molecule has 1 atom stereocenters. The summed E-state index contributed by atoms with van der Waals surface area (Å²) in [5, 5.41) is 9.30. The Kier molecular flexibility index (Phi) is 10.1. The second-order valence-corrected chi connectivity index (χ2v) is 11.8. The van der Waals surface area contributed by atoms with Gasteiger partial charge in [-0.15, -0.1) is 0 Å². The van der Waals surface area contributed by atoms with Crippen molar-refractivity contribution in [3.8, 4) is 5.75 Å². The maximum Gasteiger partial charge on any atom is 0.262 e. The molecule has 1 aromatic carbocycles. The standard InChI is InChI=1S/C25H40N4O6S/c1-19(2)24(25(31)26-32)29(36(33,34)22-9-7-21(35-3)8-10-22)18-13-23(30)28-16-11-20(12-17-28)27-14-5-4-6-15-27/h7-10,19-20,24,32H,4-6,11-18H2,1-3H3,(H,26,31). The van der Waals surface area contributed by atoms with Crippen LogP contribution in [0.5, 0.6) is 5.75 Å². The number of hydrogen-bond acceptors (Lipinski definition) is 7. The van der Waals surface area contributed by atoms with Crippen LogP contribution in [0.4, 0.5) is 0 Å². The average molecular weight is 525 g/mol. The van der Waals surface area contributed by atoms with Gasteiger partial charge in [0.25, 0.3) is 5.91 Å². The van der Waals surface area contributed by atoms with E-state index in [4.69, 9.17) is 4.74 Å². The fourth-order valence-electron chi connectivity index (χ4n) is 5.25. The van der Waals surface area contributed by atoms with E-state index in [9.17, 15) is 23.2 Å². The third-order valence-corrected chi connectivity index (χ3v) is 9.15. The number of carbonyl (C=O) groups excluding carboxylic acids is 2. The zero-order valence-corrected chi connectivity index (χ0v) is 22.4. The predicted molar refractivity (Wildman–Crippen MR) is 135 cm³/mol. The Morgan fingerprint density at radius 3 is 2.22 bits per heavy atom. The van der Waals surface area contributed by atoms with Crippen molar-refractivity contribution in [1.29, 1.82) is 0 Å². The van der Waals surface area contributed by atoms with E-state index in [1.165, 1.54) is 50.6 Å². The molecule has 1 aromatic rings. The number of amides is 2. The SMILES string of the molecule is COc1ccc(S(=O)(=O)N(CCC(=O)N2CCC(N3CCCCC3)CC2)C(C(=O)NO)C(C)C)cc1. The number of hydrogen-bond donors (Lipinski definition) is 2. The number of methoxy groups -OCH3 is 1. The highest BCUT2D eigenvalue weighted by Crippen LogP contribution is 2.26. The lowest BCUT2D eigenvalue weighted by Crippen LogP contribution is -2.53. The summed E-state index contributed by atoms with van der Waals surface area (Å²) in [6, 6.07) is 5.18. The summed E-state index contributed by atoms with van der Waals surface area (Å²) < 4.78 is 33.3. The molecule has 202 valence electrons. The van der Waals surface area contributed by atoms with Crippen LogP contribution < -0.4 is 10.2 Å². The smallest absolute Gasteiger partial charge is 0.262 e. The predicted octanol–water partition coefficient (Wildman–Crippen LogP) is 2.08. The maximum atomic E-state index is 13.6. The quantitative estimate of drug-likeness (QED) is 0.355. The van der Waals surface area contributed by atoms with Gasteiger partial charge in [-0.2, -0.15) is 4.31 Å². The van der Waals surface area contributed by atoms with E-state index in [1.54, 1.807) is 24.2 Å². The fraction of sp³-hybridized carbons (Fsp3) is 0.680. The van der Waals surface area contributed by atoms with E-state index < -0.39 is 27.9 Å². The van der Waals surface area contributed by atoms with Gasteiger partial charge < -0.3 is 14.5 Å². The van der Waals surface area contributed by atoms with Crippen molar-refractivity contribution in [1.82, 2.24) is 19.6 Å². The monoisotopic (exact) mass is 524 g/mol. The highest BCUT2D eigenvalue weighted by atomic mass is 32.2. The van der Waals surface area contributed by atoms with Gasteiger partial charge in [-0.25, -0.2) is 13.9 Å². The number of carbonyl (C=O) groups is 2. The molecular formula is C25H40N4O6S. The Bertz CT molecular complexity index is 971. The van der Waals surface area contributed by atoms with Gasteiger partial charge in [0.2, 0.25) is 15.9 Å². The van der Waals surface area contributed by atoms with E-state index in [1.807, 2.05) is 0 Å². The van der Waals surface area contributed by atoms with Crippen LogP contribution in [0.1, 0.15) is 52.4 Å². The average Bonchev–Trinajstić information content (AvgIpc) is 2.90. The highest BCUT2D eigenvalue weighted by molar-refractivity contribution is 7.89. The summed E-state index contributed by atoms with van der Waals surface area (Å²) in [5.74, 6) is -0.913. The molecule has 0 spiro atoms. The number of benzene rings is 1. The van der Waals surface area contributed by atoms with Crippen LogP contribution in [0.15, 0.2) is 29.2 Å². The van der Waals surface area contributed by atoms with E-state index in [2.05, 4.69) is 4.90 Å². The van der Waals surface area contributed by atoms with E-state index in [-0.39, 0.29) is 23.8 Å². The second kappa shape index (κ2) is 12.8. The van der Waals surface area contributed by atoms with Gasteiger partial charge in [0, 0.05) is 32.1 Å². The first-order valence-corrected chi connectivity index (χ1v) is 14.2. The normalized spacial score (nSPS) is 18.9. The van der Waals surface area contributed by atoms with Crippen LogP contribution in [-0.4, -0.2) is 91.5 Å². The molecule has 2 fully saturated rings. The Morgan fingerprint density at radius 2 is 1.69 bits per heavy atom. The van der Waals surface area contributed by atoms with Crippen LogP contribution in [0.2, 0.25) is 0 Å². The van der Waals surface area contributed by atoms with E-state index in [0.29, 0.717) is 24.9 Å². The molecule has 2 aliphatic heterocycles. The minimum Gasteiger partial charge on any atom is -0.497 e. The molecule has 0 radical (unpaired) electrons. The molecule has 2 N–H and O–H groups in total. The highest BCUT2D eigenvalue weighted by Gasteiger charge is 2.38. The third kappa shape index (κ3) is 6.76. The summed E-state index contributed by atoms with van der Waals surface area (Å²) in [4.78, 5) is 29.9. The zero-order valence-electron chi connectivity index (χ0n) is 21.6. The minimum absolute atomic E-state index is 0.0190. The Hall–Kier alpha value is -2.21. The lowest BCUT2D eigenvalue weighted by atomic mass is 9.99. The van der Waals surface area contributed by atoms with E-state index >= 15 is 0 Å². The lowest BCUT2D eigenvalue weighted by molar-refractivity contribution is -0.136. The lowest BCUT2D eigenvalue weighted by Gasteiger charge is -2.40. The van der Waals surface area contributed by atoms with Gasteiger partial charge in [0.1, 0.15) is 11.8 Å². The number of hydroxylamine groups is 1. The van der Waals surface area contributed by atoms with Gasteiger partial charge in [-0.1, -0.05) is 20.3 Å². The van der Waals surface area contributed by atoms with Crippen LogP contribution >= 0.6 is 0 Å². The molecule has 36 heavy (non-hydrogen) atoms. The molecule has 2 aliphatic rings. The summed E-state index contributed by atoms with van der Waals surface area (Å²) in [5.41, 5.74) is 1.59. The number of piperidine rings is 2. The second-order valence-electron chi connectivity index (χ2n) is 9.91. The van der Waals surface area contributed by atoms with Gasteiger partial charge in [0.05, 0.1) is 12.0 Å². The molecular weight excluding hydrogens is 484 g/mol. The Balaban J connectivity index is 1.72. The number of nitrogens with zero attached hydrogens (tertiary/aromatic N) is 3. The largest absolute Gasteiger partial charge is 0.497 e. The van der Waals surface area contributed by atoms with Crippen molar-refractivity contribution in [2.45, 2.75) is 69.4 Å². The minimum atomic E-state index is -4.15. The topological polar surface area (TPSA) is 119 Å². The third-order valence-electron chi connectivity index (χ3n) is 7.26. The Morgan fingerprint density at radius 1 is 1.08 bits per heavy atom. The number of sulfonamides is 1. The van der Waals surface area contributed by atoms with Gasteiger partial charge in [-0.05, 0) is 69.0 Å². The van der Waals surface area contributed by atoms with Gasteiger partial charge >= 0.3 is 0 Å². The molecule has 2 amide bonds.